The van der Waals surface area contributed by atoms with Crippen LogP contribution < -0.4 is 5.32 Å². The number of amides is 1. The molecular weight excluding hydrogens is 325 g/mol. The van der Waals surface area contributed by atoms with Gasteiger partial charge in [-0.15, -0.1) is 0 Å². The molecule has 1 rings (SSSR count). The van der Waals surface area contributed by atoms with Gasteiger partial charge in [0.15, 0.2) is 0 Å². The second kappa shape index (κ2) is 10.5. The molecule has 0 aliphatic carbocycles. The maximum absolute atomic E-state index is 11.8. The number of unbranched alkanes of at least 4 members (excludes halogenated alkanes) is 5. The van der Waals surface area contributed by atoms with Gasteiger partial charge < -0.3 is 10.4 Å². The summed E-state index contributed by atoms with van der Waals surface area (Å²) in [5.41, 5.74) is 0.646. The van der Waals surface area contributed by atoms with Gasteiger partial charge in [-0.05, 0) is 31.0 Å². The van der Waals surface area contributed by atoms with Crippen molar-refractivity contribution >= 4 is 40.8 Å². The van der Waals surface area contributed by atoms with Gasteiger partial charge >= 0.3 is 5.97 Å². The Morgan fingerprint density at radius 2 is 1.50 bits per heavy atom. The molecule has 122 valence electrons. The number of carboxylic acid groups (broad SMARTS) is 1. The van der Waals surface area contributed by atoms with Crippen molar-refractivity contribution in [2.75, 3.05) is 5.32 Å². The van der Waals surface area contributed by atoms with Gasteiger partial charge in [-0.1, -0.05) is 48.9 Å². The number of hydrogen-bond donors (Lipinski definition) is 2. The molecule has 1 aromatic rings. The summed E-state index contributed by atoms with van der Waals surface area (Å²) in [6, 6.07) is 5.00. The number of aliphatic carboxylic acids is 1. The summed E-state index contributed by atoms with van der Waals surface area (Å²) in [5, 5.41) is 12.2. The van der Waals surface area contributed by atoms with Crippen molar-refractivity contribution in [1.29, 1.82) is 0 Å². The number of rotatable bonds is 10. The van der Waals surface area contributed by atoms with Crippen molar-refractivity contribution in [2.45, 2.75) is 51.4 Å². The molecule has 1 aromatic carbocycles. The van der Waals surface area contributed by atoms with Gasteiger partial charge in [-0.2, -0.15) is 0 Å². The summed E-state index contributed by atoms with van der Waals surface area (Å²) >= 11 is 11.7. The Labute approximate surface area is 140 Å². The van der Waals surface area contributed by atoms with E-state index < -0.39 is 5.97 Å². The van der Waals surface area contributed by atoms with Gasteiger partial charge in [0.05, 0.1) is 10.0 Å². The summed E-state index contributed by atoms with van der Waals surface area (Å²) in [5.74, 6) is -0.775. The fraction of sp³-hybridized carbons (Fsp3) is 0.500. The van der Waals surface area contributed by atoms with Crippen molar-refractivity contribution in [3.05, 3.63) is 28.2 Å². The van der Waals surface area contributed by atoms with Crippen LogP contribution in [0.1, 0.15) is 51.4 Å². The minimum Gasteiger partial charge on any atom is -0.481 e. The third-order valence-corrected chi connectivity index (χ3v) is 3.99. The highest BCUT2D eigenvalue weighted by Gasteiger charge is 2.04. The number of hydrogen-bond acceptors (Lipinski definition) is 2. The van der Waals surface area contributed by atoms with Crippen LogP contribution in [-0.2, 0) is 9.59 Å². The molecule has 0 aliphatic rings. The number of anilines is 1. The first kappa shape index (κ1) is 18.8. The molecule has 4 nitrogen and oxygen atoms in total. The molecule has 6 heteroatoms. The second-order valence-electron chi connectivity index (χ2n) is 5.19. The van der Waals surface area contributed by atoms with Crippen molar-refractivity contribution in [3.8, 4) is 0 Å². The predicted molar refractivity (Wildman–Crippen MR) is 89.7 cm³/mol. The Morgan fingerprint density at radius 3 is 2.09 bits per heavy atom. The molecule has 0 saturated carbocycles. The average molecular weight is 346 g/mol. The maximum atomic E-state index is 11.8. The number of carbonyl (C=O) groups is 2. The van der Waals surface area contributed by atoms with E-state index in [1.54, 1.807) is 18.2 Å². The minimum absolute atomic E-state index is 0.0377. The van der Waals surface area contributed by atoms with Gasteiger partial charge in [0.2, 0.25) is 5.91 Å². The van der Waals surface area contributed by atoms with E-state index in [1.807, 2.05) is 0 Å². The Balaban J connectivity index is 2.08. The van der Waals surface area contributed by atoms with E-state index in [9.17, 15) is 9.59 Å². The summed E-state index contributed by atoms with van der Waals surface area (Å²) in [4.78, 5) is 22.1. The van der Waals surface area contributed by atoms with Gasteiger partial charge in [-0.3, -0.25) is 9.59 Å². The highest BCUT2D eigenvalue weighted by atomic mass is 35.5. The van der Waals surface area contributed by atoms with Crippen LogP contribution in [0.4, 0.5) is 5.69 Å². The number of halogens is 2. The summed E-state index contributed by atoms with van der Waals surface area (Å²) in [6.07, 6.45) is 6.21. The van der Waals surface area contributed by atoms with E-state index in [0.717, 1.165) is 38.5 Å². The van der Waals surface area contributed by atoms with Crippen LogP contribution in [0.15, 0.2) is 18.2 Å². The molecule has 0 aliphatic heterocycles. The van der Waals surface area contributed by atoms with Gasteiger partial charge in [-0.25, -0.2) is 0 Å². The first-order chi connectivity index (χ1) is 10.5. The zero-order valence-corrected chi connectivity index (χ0v) is 13.9. The van der Waals surface area contributed by atoms with E-state index in [0.29, 0.717) is 22.2 Å². The second-order valence-corrected chi connectivity index (χ2v) is 6.01. The molecule has 0 unspecified atom stereocenters. The normalized spacial score (nSPS) is 10.5. The van der Waals surface area contributed by atoms with Crippen molar-refractivity contribution in [2.24, 2.45) is 0 Å². The summed E-state index contributed by atoms with van der Waals surface area (Å²) in [7, 11) is 0. The molecule has 0 heterocycles. The highest BCUT2D eigenvalue weighted by molar-refractivity contribution is 6.42. The first-order valence-corrected chi connectivity index (χ1v) is 8.21. The fourth-order valence-corrected chi connectivity index (χ4v) is 2.36. The number of carboxylic acids is 1. The van der Waals surface area contributed by atoms with Crippen LogP contribution in [0.2, 0.25) is 10.0 Å². The van der Waals surface area contributed by atoms with Crippen LogP contribution in [0.5, 0.6) is 0 Å². The van der Waals surface area contributed by atoms with Gasteiger partial charge in [0.1, 0.15) is 0 Å². The van der Waals surface area contributed by atoms with Gasteiger partial charge in [0.25, 0.3) is 0 Å². The molecule has 0 bridgehead atoms. The summed E-state index contributed by atoms with van der Waals surface area (Å²) in [6.45, 7) is 0. The standard InChI is InChI=1S/C16H21Cl2NO3/c17-13-10-9-12(11-14(13)18)19-15(20)7-5-3-1-2-4-6-8-16(21)22/h9-11H,1-8H2,(H,19,20)(H,21,22). The molecule has 0 fully saturated rings. The van der Waals surface area contributed by atoms with E-state index in [4.69, 9.17) is 28.3 Å². The molecular formula is C16H21Cl2NO3. The van der Waals surface area contributed by atoms with Crippen molar-refractivity contribution in [3.63, 3.8) is 0 Å². The van der Waals surface area contributed by atoms with Gasteiger partial charge in [0, 0.05) is 18.5 Å². The molecule has 2 N–H and O–H groups in total. The first-order valence-electron chi connectivity index (χ1n) is 7.45. The molecule has 0 radical (unpaired) electrons. The van der Waals surface area contributed by atoms with E-state index in [2.05, 4.69) is 5.32 Å². The molecule has 0 aromatic heterocycles. The molecule has 0 saturated heterocycles. The molecule has 22 heavy (non-hydrogen) atoms. The Morgan fingerprint density at radius 1 is 0.909 bits per heavy atom. The third-order valence-electron chi connectivity index (χ3n) is 3.25. The van der Waals surface area contributed by atoms with E-state index in [1.165, 1.54) is 0 Å². The lowest BCUT2D eigenvalue weighted by Crippen LogP contribution is -2.10. The zero-order valence-electron chi connectivity index (χ0n) is 12.4. The molecule has 0 spiro atoms. The lowest BCUT2D eigenvalue weighted by atomic mass is 10.1. The Bertz CT molecular complexity index is 506. The van der Waals surface area contributed by atoms with Crippen LogP contribution in [0.3, 0.4) is 0 Å². The van der Waals surface area contributed by atoms with E-state index >= 15 is 0 Å². The number of carbonyl (C=O) groups excluding carboxylic acids is 1. The topological polar surface area (TPSA) is 66.4 Å². The van der Waals surface area contributed by atoms with Crippen molar-refractivity contribution < 1.29 is 14.7 Å². The predicted octanol–water partition coefficient (Wildman–Crippen LogP) is 5.14. The van der Waals surface area contributed by atoms with Crippen LogP contribution >= 0.6 is 23.2 Å². The monoisotopic (exact) mass is 345 g/mol. The van der Waals surface area contributed by atoms with Crippen molar-refractivity contribution in [1.82, 2.24) is 0 Å². The molecule has 1 amide bonds. The smallest absolute Gasteiger partial charge is 0.303 e. The largest absolute Gasteiger partial charge is 0.481 e. The zero-order chi connectivity index (χ0) is 16.4. The minimum atomic E-state index is -0.737. The Kier molecular flexibility index (Phi) is 8.94. The SMILES string of the molecule is O=C(O)CCCCCCCCC(=O)Nc1ccc(Cl)c(Cl)c1. The lowest BCUT2D eigenvalue weighted by Gasteiger charge is -2.06. The lowest BCUT2D eigenvalue weighted by molar-refractivity contribution is -0.137. The maximum Gasteiger partial charge on any atom is 0.303 e. The van der Waals surface area contributed by atoms with E-state index in [-0.39, 0.29) is 12.3 Å². The third kappa shape index (κ3) is 8.25. The fourth-order valence-electron chi connectivity index (χ4n) is 2.07. The quantitative estimate of drug-likeness (QED) is 0.577. The number of nitrogens with one attached hydrogen (secondary N) is 1. The van der Waals surface area contributed by atoms with Crippen LogP contribution in [0.25, 0.3) is 0 Å². The van der Waals surface area contributed by atoms with Crippen LogP contribution in [-0.4, -0.2) is 17.0 Å². The molecule has 0 atom stereocenters. The Hall–Kier alpha value is -1.26. The summed E-state index contributed by atoms with van der Waals surface area (Å²) < 4.78 is 0. The average Bonchev–Trinajstić information content (AvgIpc) is 2.45. The number of benzene rings is 1. The van der Waals surface area contributed by atoms with Crippen LogP contribution in [0, 0.1) is 0 Å². The highest BCUT2D eigenvalue weighted by Crippen LogP contribution is 2.25.